The van der Waals surface area contributed by atoms with Crippen molar-refractivity contribution < 1.29 is 8.42 Å². The molecule has 0 radical (unpaired) electrons. The molecule has 3 aromatic rings. The number of aromatic nitrogens is 1. The van der Waals surface area contributed by atoms with Crippen molar-refractivity contribution in [3.63, 3.8) is 0 Å². The predicted molar refractivity (Wildman–Crippen MR) is 98.8 cm³/mol. The molecule has 0 aliphatic carbocycles. The lowest BCUT2D eigenvalue weighted by Crippen LogP contribution is -2.21. The third kappa shape index (κ3) is 3.17. The highest BCUT2D eigenvalue weighted by Gasteiger charge is 2.20. The van der Waals surface area contributed by atoms with Crippen LogP contribution in [-0.4, -0.2) is 24.6 Å². The van der Waals surface area contributed by atoms with Crippen LogP contribution in [0.3, 0.4) is 0 Å². The highest BCUT2D eigenvalue weighted by Crippen LogP contribution is 2.25. The maximum atomic E-state index is 13.0. The minimum Gasteiger partial charge on any atom is -0.399 e. The third-order valence-corrected chi connectivity index (χ3v) is 5.20. The molecule has 0 atom stereocenters. The Morgan fingerprint density at radius 3 is 2.40 bits per heavy atom. The van der Waals surface area contributed by atoms with Gasteiger partial charge in [0, 0.05) is 22.8 Å². The van der Waals surface area contributed by atoms with Crippen molar-refractivity contribution in [2.45, 2.75) is 4.90 Å². The van der Waals surface area contributed by atoms with Gasteiger partial charge in [-0.3, -0.25) is 0 Å². The largest absolute Gasteiger partial charge is 0.399 e. The second-order valence-electron chi connectivity index (χ2n) is 5.24. The Balaban J connectivity index is 2.18. The van der Waals surface area contributed by atoms with Crippen LogP contribution in [0.5, 0.6) is 0 Å². The van der Waals surface area contributed by atoms with Crippen LogP contribution in [0.2, 0.25) is 0 Å². The maximum absolute atomic E-state index is 13.0. The van der Waals surface area contributed by atoms with Gasteiger partial charge in [-0.2, -0.15) is 5.10 Å². The molecule has 3 rings (SSSR count). The predicted octanol–water partition coefficient (Wildman–Crippen LogP) is 1.07. The molecular formula is C16H16N6O2S. The molecule has 0 saturated heterocycles. The molecule has 0 fully saturated rings. The number of nitrogens with two attached hydrogens (primary N) is 3. The zero-order chi connectivity index (χ0) is 18.0. The normalized spacial score (nSPS) is 11.8. The average molecular weight is 356 g/mol. The highest BCUT2D eigenvalue weighted by atomic mass is 32.2. The number of hydrogen-bond donors (Lipinski definition) is 3. The van der Waals surface area contributed by atoms with Crippen LogP contribution in [0.1, 0.15) is 5.56 Å². The summed E-state index contributed by atoms with van der Waals surface area (Å²) in [5.41, 5.74) is 17.7. The van der Waals surface area contributed by atoms with Crippen molar-refractivity contribution in [2.75, 3.05) is 5.73 Å². The van der Waals surface area contributed by atoms with Crippen molar-refractivity contribution >= 4 is 38.8 Å². The van der Waals surface area contributed by atoms with Crippen LogP contribution in [0, 0.1) is 0 Å². The van der Waals surface area contributed by atoms with E-state index in [1.165, 1.54) is 28.5 Å². The number of anilines is 1. The second-order valence-corrected chi connectivity index (χ2v) is 7.06. The molecule has 6 N–H and O–H groups in total. The summed E-state index contributed by atoms with van der Waals surface area (Å²) in [7, 11) is -3.79. The molecule has 0 amide bonds. The maximum Gasteiger partial charge on any atom is 0.268 e. The van der Waals surface area contributed by atoms with Gasteiger partial charge in [-0.15, -0.1) is 5.10 Å². The number of para-hydroxylation sites is 1. The Labute approximate surface area is 144 Å². The molecule has 9 heteroatoms. The van der Waals surface area contributed by atoms with Gasteiger partial charge in [0.2, 0.25) is 5.96 Å². The Kier molecular flexibility index (Phi) is 4.15. The molecule has 128 valence electrons. The van der Waals surface area contributed by atoms with Gasteiger partial charge in [0.1, 0.15) is 0 Å². The first-order valence-electron chi connectivity index (χ1n) is 7.23. The molecular weight excluding hydrogens is 340 g/mol. The van der Waals surface area contributed by atoms with Crippen molar-refractivity contribution in [1.82, 2.24) is 3.97 Å². The van der Waals surface area contributed by atoms with Gasteiger partial charge in [-0.05, 0) is 30.3 Å². The number of fused-ring (bicyclic) bond motifs is 1. The molecule has 0 saturated carbocycles. The third-order valence-electron chi connectivity index (χ3n) is 3.52. The van der Waals surface area contributed by atoms with Crippen LogP contribution in [-0.2, 0) is 10.0 Å². The van der Waals surface area contributed by atoms with Crippen LogP contribution in [0.25, 0.3) is 10.9 Å². The van der Waals surface area contributed by atoms with Crippen LogP contribution in [0.4, 0.5) is 5.69 Å². The van der Waals surface area contributed by atoms with Crippen LogP contribution in [0.15, 0.2) is 69.8 Å². The molecule has 8 nitrogen and oxygen atoms in total. The Morgan fingerprint density at radius 1 is 1.04 bits per heavy atom. The number of hydrogen-bond acceptors (Lipinski definition) is 5. The quantitative estimate of drug-likeness (QED) is 0.277. The molecule has 0 bridgehead atoms. The van der Waals surface area contributed by atoms with E-state index < -0.39 is 10.0 Å². The minimum absolute atomic E-state index is 0.134. The molecule has 2 aromatic carbocycles. The van der Waals surface area contributed by atoms with Crippen LogP contribution < -0.4 is 17.2 Å². The van der Waals surface area contributed by atoms with E-state index in [-0.39, 0.29) is 10.9 Å². The lowest BCUT2D eigenvalue weighted by Gasteiger charge is -2.07. The Morgan fingerprint density at radius 2 is 1.72 bits per heavy atom. The first-order valence-corrected chi connectivity index (χ1v) is 8.67. The number of nitrogen functional groups attached to an aromatic ring is 1. The van der Waals surface area contributed by atoms with E-state index in [9.17, 15) is 8.42 Å². The van der Waals surface area contributed by atoms with E-state index in [1.54, 1.807) is 36.4 Å². The minimum atomic E-state index is -3.79. The zero-order valence-corrected chi connectivity index (χ0v) is 13.9. The lowest BCUT2D eigenvalue weighted by molar-refractivity contribution is 0.589. The SMILES string of the molecule is NC(N)=N/N=C/c1cn(S(=O)(=O)c2ccc(N)cc2)c2ccccc12. The summed E-state index contributed by atoms with van der Waals surface area (Å²) in [5, 5.41) is 8.00. The molecule has 0 aliphatic rings. The first kappa shape index (κ1) is 16.5. The molecule has 1 heterocycles. The van der Waals surface area contributed by atoms with Gasteiger partial charge >= 0.3 is 0 Å². The molecule has 0 unspecified atom stereocenters. The van der Waals surface area contributed by atoms with Gasteiger partial charge in [0.05, 0.1) is 16.6 Å². The topological polar surface area (TPSA) is 142 Å². The molecule has 0 spiro atoms. The summed E-state index contributed by atoms with van der Waals surface area (Å²) in [6.07, 6.45) is 2.87. The molecule has 0 aliphatic heterocycles. The number of rotatable bonds is 4. The fraction of sp³-hybridized carbons (Fsp3) is 0. The summed E-state index contributed by atoms with van der Waals surface area (Å²) < 4.78 is 27.1. The monoisotopic (exact) mass is 356 g/mol. The van der Waals surface area contributed by atoms with Crippen molar-refractivity contribution in [3.05, 3.63) is 60.3 Å². The molecule has 1 aromatic heterocycles. The van der Waals surface area contributed by atoms with E-state index in [4.69, 9.17) is 17.2 Å². The van der Waals surface area contributed by atoms with Gasteiger partial charge < -0.3 is 17.2 Å². The van der Waals surface area contributed by atoms with E-state index in [0.29, 0.717) is 22.2 Å². The van der Waals surface area contributed by atoms with Gasteiger partial charge in [0.25, 0.3) is 10.0 Å². The van der Waals surface area contributed by atoms with Gasteiger partial charge in [-0.1, -0.05) is 18.2 Å². The van der Waals surface area contributed by atoms with Crippen molar-refractivity contribution in [3.8, 4) is 0 Å². The standard InChI is InChI=1S/C16H16N6O2S/c17-12-5-7-13(8-6-12)25(23,24)22-10-11(9-20-21-16(18)19)14-3-1-2-4-15(14)22/h1-10H,17H2,(H4,18,19,21)/b20-9+. The van der Waals surface area contributed by atoms with Crippen molar-refractivity contribution in [1.29, 1.82) is 0 Å². The fourth-order valence-corrected chi connectivity index (χ4v) is 3.77. The van der Waals surface area contributed by atoms with Crippen molar-refractivity contribution in [2.24, 2.45) is 21.7 Å². The summed E-state index contributed by atoms with van der Waals surface area (Å²) in [6.45, 7) is 0. The highest BCUT2D eigenvalue weighted by molar-refractivity contribution is 7.90. The van der Waals surface area contributed by atoms with E-state index in [2.05, 4.69) is 10.2 Å². The summed E-state index contributed by atoms with van der Waals surface area (Å²) >= 11 is 0. The second kappa shape index (κ2) is 6.29. The Hall–Kier alpha value is -3.33. The zero-order valence-electron chi connectivity index (χ0n) is 13.1. The smallest absolute Gasteiger partial charge is 0.268 e. The summed E-state index contributed by atoms with van der Waals surface area (Å²) in [6, 6.07) is 13.1. The number of nitrogens with zero attached hydrogens (tertiary/aromatic N) is 3. The van der Waals surface area contributed by atoms with Gasteiger partial charge in [-0.25, -0.2) is 12.4 Å². The number of guanidine groups is 1. The van der Waals surface area contributed by atoms with E-state index >= 15 is 0 Å². The average Bonchev–Trinajstić information content (AvgIpc) is 2.95. The number of benzene rings is 2. The molecule has 25 heavy (non-hydrogen) atoms. The fourth-order valence-electron chi connectivity index (χ4n) is 2.39. The Bertz CT molecular complexity index is 1080. The summed E-state index contributed by atoms with van der Waals surface area (Å²) in [5.74, 6) is -0.186. The van der Waals surface area contributed by atoms with E-state index in [1.807, 2.05) is 0 Å². The van der Waals surface area contributed by atoms with Crippen LogP contribution >= 0.6 is 0 Å². The first-order chi connectivity index (χ1) is 11.9. The lowest BCUT2D eigenvalue weighted by atomic mass is 10.2. The van der Waals surface area contributed by atoms with Gasteiger partial charge in [0.15, 0.2) is 0 Å². The van der Waals surface area contributed by atoms with E-state index in [0.717, 1.165) is 0 Å². The summed E-state index contributed by atoms with van der Waals surface area (Å²) in [4.78, 5) is 0.134.